The zero-order valence-corrected chi connectivity index (χ0v) is 9.06. The molecular weight excluding hydrogens is 200 g/mol. The van der Waals surface area contributed by atoms with Crippen LogP contribution in [0.1, 0.15) is 13.3 Å². The zero-order chi connectivity index (χ0) is 10.4. The Kier molecular flexibility index (Phi) is 4.58. The van der Waals surface area contributed by atoms with Crippen molar-refractivity contribution in [2.45, 2.75) is 19.4 Å². The average molecular weight is 216 g/mol. The van der Waals surface area contributed by atoms with Crippen LogP contribution in [-0.4, -0.2) is 36.1 Å². The molecule has 0 aliphatic carbocycles. The fourth-order valence-corrected chi connectivity index (χ4v) is 2.20. The van der Waals surface area contributed by atoms with Gasteiger partial charge in [-0.05, 0) is 6.42 Å². The van der Waals surface area contributed by atoms with E-state index in [9.17, 15) is 4.79 Å². The number of nitrogens with two attached hydrogens (primary N) is 1. The van der Waals surface area contributed by atoms with Crippen molar-refractivity contribution in [3.8, 4) is 0 Å². The molecule has 1 rings (SSSR count). The van der Waals surface area contributed by atoms with Gasteiger partial charge in [0.05, 0.1) is 6.54 Å². The minimum Gasteiger partial charge on any atom is -0.361 e. The molecule has 4 N–H and O–H groups in total. The maximum absolute atomic E-state index is 10.3. The number of nitrogens with one attached hydrogen (secondary N) is 2. The van der Waals surface area contributed by atoms with Crippen molar-refractivity contribution in [2.24, 2.45) is 10.7 Å². The summed E-state index contributed by atoms with van der Waals surface area (Å²) in [6, 6.07) is 0.0477. The summed E-state index contributed by atoms with van der Waals surface area (Å²) >= 11 is 1.73. The smallest absolute Gasteiger partial charge is 0.312 e. The van der Waals surface area contributed by atoms with Crippen molar-refractivity contribution in [1.29, 1.82) is 0 Å². The van der Waals surface area contributed by atoms with Gasteiger partial charge in [-0.25, -0.2) is 4.79 Å². The van der Waals surface area contributed by atoms with E-state index in [-0.39, 0.29) is 0 Å². The number of carbonyl (C=O) groups is 1. The van der Waals surface area contributed by atoms with Gasteiger partial charge in [-0.3, -0.25) is 4.99 Å². The van der Waals surface area contributed by atoms with E-state index in [0.717, 1.165) is 17.3 Å². The third-order valence-corrected chi connectivity index (χ3v) is 3.00. The minimum absolute atomic E-state index is 0.497. The van der Waals surface area contributed by atoms with E-state index in [2.05, 4.69) is 22.5 Å². The third kappa shape index (κ3) is 3.87. The number of rotatable bonds is 4. The fourth-order valence-electron chi connectivity index (χ4n) is 1.09. The highest BCUT2D eigenvalue weighted by Crippen LogP contribution is 2.15. The summed E-state index contributed by atoms with van der Waals surface area (Å²) in [6.45, 7) is 3.22. The molecule has 1 saturated heterocycles. The van der Waals surface area contributed by atoms with Crippen LogP contribution in [-0.2, 0) is 0 Å². The average Bonchev–Trinajstić information content (AvgIpc) is 2.60. The molecule has 0 bridgehead atoms. The topological polar surface area (TPSA) is 79.5 Å². The molecule has 1 heterocycles. The number of amides is 2. The Labute approximate surface area is 87.9 Å². The van der Waals surface area contributed by atoms with E-state index >= 15 is 0 Å². The van der Waals surface area contributed by atoms with Crippen LogP contribution < -0.4 is 16.4 Å². The first-order chi connectivity index (χ1) is 6.72. The lowest BCUT2D eigenvalue weighted by Crippen LogP contribution is -2.32. The lowest BCUT2D eigenvalue weighted by molar-refractivity contribution is 0.249. The molecule has 0 aromatic heterocycles. The van der Waals surface area contributed by atoms with Gasteiger partial charge < -0.3 is 16.4 Å². The molecule has 0 aromatic carbocycles. The van der Waals surface area contributed by atoms with E-state index in [0.29, 0.717) is 19.1 Å². The molecule has 1 aliphatic heterocycles. The second kappa shape index (κ2) is 5.74. The largest absolute Gasteiger partial charge is 0.361 e. The summed E-state index contributed by atoms with van der Waals surface area (Å²) in [5.41, 5.74) is 4.91. The van der Waals surface area contributed by atoms with E-state index in [1.54, 1.807) is 11.8 Å². The molecule has 0 aromatic rings. The standard InChI is InChI=1S/C8H16N4OS/c1-2-6-5-14-8(12-6)11-4-3-10-7(9)13/h6H,2-5H2,1H3,(H,11,12)(H3,9,10,13). The lowest BCUT2D eigenvalue weighted by Gasteiger charge is -2.04. The number of aliphatic imine (C=N–C) groups is 1. The highest BCUT2D eigenvalue weighted by Gasteiger charge is 2.17. The minimum atomic E-state index is -0.497. The van der Waals surface area contributed by atoms with Gasteiger partial charge in [-0.15, -0.1) is 0 Å². The number of nitrogens with zero attached hydrogens (tertiary/aromatic N) is 1. The Hall–Kier alpha value is -0.910. The van der Waals surface area contributed by atoms with Gasteiger partial charge in [0, 0.05) is 18.3 Å². The van der Waals surface area contributed by atoms with Crippen LogP contribution in [0.25, 0.3) is 0 Å². The number of carbonyl (C=O) groups excluding carboxylic acids is 1. The van der Waals surface area contributed by atoms with Crippen LogP contribution in [0.3, 0.4) is 0 Å². The molecular formula is C8H16N4OS. The molecule has 14 heavy (non-hydrogen) atoms. The molecule has 1 aliphatic rings. The monoisotopic (exact) mass is 216 g/mol. The normalized spacial score (nSPS) is 23.5. The van der Waals surface area contributed by atoms with Crippen LogP contribution in [0.4, 0.5) is 4.79 Å². The summed E-state index contributed by atoms with van der Waals surface area (Å²) in [4.78, 5) is 14.6. The SMILES string of the molecule is CCC1CSC(=NCCNC(N)=O)N1. The van der Waals surface area contributed by atoms with Crippen LogP contribution in [0.15, 0.2) is 4.99 Å². The molecule has 0 radical (unpaired) electrons. The second-order valence-electron chi connectivity index (χ2n) is 3.04. The van der Waals surface area contributed by atoms with Crippen LogP contribution in [0.2, 0.25) is 0 Å². The van der Waals surface area contributed by atoms with Crippen molar-refractivity contribution in [2.75, 3.05) is 18.8 Å². The predicted molar refractivity (Wildman–Crippen MR) is 59.6 cm³/mol. The second-order valence-corrected chi connectivity index (χ2v) is 4.05. The van der Waals surface area contributed by atoms with Gasteiger partial charge in [-0.1, -0.05) is 18.7 Å². The van der Waals surface area contributed by atoms with Crippen LogP contribution >= 0.6 is 11.8 Å². The highest BCUT2D eigenvalue weighted by atomic mass is 32.2. The summed E-state index contributed by atoms with van der Waals surface area (Å²) < 4.78 is 0. The Morgan fingerprint density at radius 2 is 2.64 bits per heavy atom. The summed E-state index contributed by atoms with van der Waals surface area (Å²) in [5, 5.41) is 6.76. The molecule has 6 heteroatoms. The van der Waals surface area contributed by atoms with Gasteiger partial charge in [0.25, 0.3) is 0 Å². The molecule has 2 amide bonds. The van der Waals surface area contributed by atoms with Crippen molar-refractivity contribution in [1.82, 2.24) is 10.6 Å². The third-order valence-electron chi connectivity index (χ3n) is 1.91. The molecule has 1 atom stereocenters. The molecule has 1 fully saturated rings. The maximum atomic E-state index is 10.3. The predicted octanol–water partition coefficient (Wildman–Crippen LogP) is 0.126. The number of primary amides is 1. The zero-order valence-electron chi connectivity index (χ0n) is 8.25. The Morgan fingerprint density at radius 1 is 1.86 bits per heavy atom. The summed E-state index contributed by atoms with van der Waals surface area (Å²) in [7, 11) is 0. The van der Waals surface area contributed by atoms with E-state index < -0.39 is 6.03 Å². The number of amidine groups is 1. The Bertz CT molecular complexity index is 231. The molecule has 80 valence electrons. The Balaban J connectivity index is 2.16. The van der Waals surface area contributed by atoms with Crippen molar-refractivity contribution in [3.63, 3.8) is 0 Å². The van der Waals surface area contributed by atoms with E-state index in [4.69, 9.17) is 5.73 Å². The number of hydrogen-bond acceptors (Lipinski definition) is 3. The van der Waals surface area contributed by atoms with Gasteiger partial charge in [-0.2, -0.15) is 0 Å². The quantitative estimate of drug-likeness (QED) is 0.584. The number of urea groups is 1. The summed E-state index contributed by atoms with van der Waals surface area (Å²) in [6.07, 6.45) is 1.12. The van der Waals surface area contributed by atoms with Crippen LogP contribution in [0, 0.1) is 0 Å². The Morgan fingerprint density at radius 3 is 3.21 bits per heavy atom. The fraction of sp³-hybridized carbons (Fsp3) is 0.750. The van der Waals surface area contributed by atoms with Crippen molar-refractivity contribution >= 4 is 23.0 Å². The molecule has 5 nitrogen and oxygen atoms in total. The highest BCUT2D eigenvalue weighted by molar-refractivity contribution is 8.14. The van der Waals surface area contributed by atoms with Gasteiger partial charge in [0.2, 0.25) is 0 Å². The molecule has 1 unspecified atom stereocenters. The van der Waals surface area contributed by atoms with E-state index in [1.807, 2.05) is 0 Å². The van der Waals surface area contributed by atoms with Gasteiger partial charge >= 0.3 is 6.03 Å². The van der Waals surface area contributed by atoms with Crippen LogP contribution in [0.5, 0.6) is 0 Å². The first-order valence-corrected chi connectivity index (χ1v) is 5.68. The van der Waals surface area contributed by atoms with Gasteiger partial charge in [0.15, 0.2) is 5.17 Å². The number of thioether (sulfide) groups is 1. The van der Waals surface area contributed by atoms with Gasteiger partial charge in [0.1, 0.15) is 0 Å². The number of hydrogen-bond donors (Lipinski definition) is 3. The van der Waals surface area contributed by atoms with E-state index in [1.165, 1.54) is 0 Å². The lowest BCUT2D eigenvalue weighted by atomic mass is 10.3. The summed E-state index contributed by atoms with van der Waals surface area (Å²) in [5.74, 6) is 1.08. The van der Waals surface area contributed by atoms with Crippen molar-refractivity contribution in [3.05, 3.63) is 0 Å². The molecule has 0 spiro atoms. The first-order valence-electron chi connectivity index (χ1n) is 4.69. The maximum Gasteiger partial charge on any atom is 0.312 e. The molecule has 0 saturated carbocycles. The first kappa shape index (κ1) is 11.2. The van der Waals surface area contributed by atoms with Crippen molar-refractivity contribution < 1.29 is 4.79 Å².